The van der Waals surface area contributed by atoms with E-state index in [1.165, 1.54) is 4.90 Å². The van der Waals surface area contributed by atoms with Crippen LogP contribution >= 0.6 is 11.3 Å². The lowest BCUT2D eigenvalue weighted by Gasteiger charge is -2.24. The fourth-order valence-electron chi connectivity index (χ4n) is 4.19. The van der Waals surface area contributed by atoms with Crippen LogP contribution in [0.1, 0.15) is 37.6 Å². The minimum absolute atomic E-state index is 0.0104. The summed E-state index contributed by atoms with van der Waals surface area (Å²) in [7, 11) is 0. The number of nitrogens with zero attached hydrogens (tertiary/aromatic N) is 1. The molecule has 9 heteroatoms. The number of hydrogen-bond acceptors (Lipinski definition) is 4. The standard InChI is InChI=1S/C30H26F2N2O4S/c31-21-11-12-27(32)20(18-21)19-33-29(37)25-9-3-1-7-23(25)24-8-2-4-10-26(24)30(38)34(16-14-28(35)36)15-13-22-6-5-17-39-22/h1-12,17-18H,13-16,19H2,(H,33,37)(H,35,36). The molecule has 0 aliphatic carbocycles. The minimum atomic E-state index is -1.01. The molecule has 0 aliphatic rings. The number of carbonyl (C=O) groups is 3. The molecule has 200 valence electrons. The van der Waals surface area contributed by atoms with Crippen LogP contribution in [0.2, 0.25) is 0 Å². The van der Waals surface area contributed by atoms with Crippen molar-refractivity contribution in [3.8, 4) is 11.1 Å². The van der Waals surface area contributed by atoms with Gasteiger partial charge >= 0.3 is 5.97 Å². The van der Waals surface area contributed by atoms with Gasteiger partial charge in [0.25, 0.3) is 11.8 Å². The maximum Gasteiger partial charge on any atom is 0.305 e. The van der Waals surface area contributed by atoms with Gasteiger partial charge in [0.15, 0.2) is 0 Å². The van der Waals surface area contributed by atoms with Crippen LogP contribution in [0.25, 0.3) is 11.1 Å². The van der Waals surface area contributed by atoms with Gasteiger partial charge in [0.1, 0.15) is 11.6 Å². The zero-order valence-electron chi connectivity index (χ0n) is 20.9. The first-order valence-corrected chi connectivity index (χ1v) is 13.2. The van der Waals surface area contributed by atoms with Crippen molar-refractivity contribution < 1.29 is 28.3 Å². The molecule has 2 N–H and O–H groups in total. The highest BCUT2D eigenvalue weighted by Gasteiger charge is 2.23. The van der Waals surface area contributed by atoms with Crippen molar-refractivity contribution in [1.29, 1.82) is 0 Å². The summed E-state index contributed by atoms with van der Waals surface area (Å²) in [5, 5.41) is 13.8. The van der Waals surface area contributed by atoms with Gasteiger partial charge in [0.2, 0.25) is 0 Å². The van der Waals surface area contributed by atoms with Gasteiger partial charge in [-0.2, -0.15) is 0 Å². The summed E-state index contributed by atoms with van der Waals surface area (Å²) < 4.78 is 27.6. The van der Waals surface area contributed by atoms with E-state index in [0.29, 0.717) is 29.7 Å². The molecule has 3 aromatic carbocycles. The number of aliphatic carboxylic acids is 1. The SMILES string of the molecule is O=C(O)CCN(CCc1cccs1)C(=O)c1ccccc1-c1ccccc1C(=O)NCc1cc(F)ccc1F. The Balaban J connectivity index is 1.61. The molecule has 1 heterocycles. The molecule has 4 rings (SSSR count). The zero-order chi connectivity index (χ0) is 27.8. The number of thiophene rings is 1. The molecular weight excluding hydrogens is 522 g/mol. The van der Waals surface area contributed by atoms with Gasteiger partial charge in [-0.1, -0.05) is 42.5 Å². The number of carbonyl (C=O) groups excluding carboxylic acids is 2. The molecule has 0 unspecified atom stereocenters. The maximum atomic E-state index is 14.1. The first-order valence-electron chi connectivity index (χ1n) is 12.3. The molecule has 0 saturated carbocycles. The highest BCUT2D eigenvalue weighted by Crippen LogP contribution is 2.29. The first-order chi connectivity index (χ1) is 18.8. The van der Waals surface area contributed by atoms with Gasteiger partial charge < -0.3 is 15.3 Å². The van der Waals surface area contributed by atoms with Crippen molar-refractivity contribution in [1.82, 2.24) is 10.2 Å². The summed E-state index contributed by atoms with van der Waals surface area (Å²) in [6, 6.07) is 20.4. The number of hydrogen-bond donors (Lipinski definition) is 2. The predicted octanol–water partition coefficient (Wildman–Crippen LogP) is 5.78. The highest BCUT2D eigenvalue weighted by molar-refractivity contribution is 7.09. The highest BCUT2D eigenvalue weighted by atomic mass is 32.1. The van der Waals surface area contributed by atoms with E-state index in [1.54, 1.807) is 59.9 Å². The maximum absolute atomic E-state index is 14.1. The number of carboxylic acid groups (broad SMARTS) is 1. The van der Waals surface area contributed by atoms with Crippen molar-refractivity contribution in [3.05, 3.63) is 117 Å². The lowest BCUT2D eigenvalue weighted by Crippen LogP contribution is -2.35. The Morgan fingerprint density at radius 3 is 2.23 bits per heavy atom. The van der Waals surface area contributed by atoms with Crippen LogP contribution in [0.4, 0.5) is 8.78 Å². The molecule has 0 fully saturated rings. The lowest BCUT2D eigenvalue weighted by molar-refractivity contribution is -0.137. The van der Waals surface area contributed by atoms with Gasteiger partial charge in [-0.15, -0.1) is 11.3 Å². The monoisotopic (exact) mass is 548 g/mol. The number of rotatable bonds is 11. The Hall–Kier alpha value is -4.37. The van der Waals surface area contributed by atoms with Crippen molar-refractivity contribution in [2.24, 2.45) is 0 Å². The molecule has 1 aromatic heterocycles. The van der Waals surface area contributed by atoms with Gasteiger partial charge in [0.05, 0.1) is 6.42 Å². The normalized spacial score (nSPS) is 10.7. The third-order valence-corrected chi connectivity index (χ3v) is 7.09. The van der Waals surface area contributed by atoms with Crippen LogP contribution in [0.5, 0.6) is 0 Å². The molecule has 0 radical (unpaired) electrons. The molecule has 4 aromatic rings. The topological polar surface area (TPSA) is 86.7 Å². The first kappa shape index (κ1) is 27.7. The van der Waals surface area contributed by atoms with Crippen LogP contribution in [-0.2, 0) is 17.8 Å². The number of halogens is 2. The second kappa shape index (κ2) is 12.9. The quantitative estimate of drug-likeness (QED) is 0.249. The average molecular weight is 549 g/mol. The van der Waals surface area contributed by atoms with E-state index in [4.69, 9.17) is 0 Å². The summed E-state index contributed by atoms with van der Waals surface area (Å²) in [5.41, 5.74) is 1.57. The largest absolute Gasteiger partial charge is 0.481 e. The van der Waals surface area contributed by atoms with Crippen molar-refractivity contribution >= 4 is 29.1 Å². The Morgan fingerprint density at radius 1 is 0.846 bits per heavy atom. The summed E-state index contributed by atoms with van der Waals surface area (Å²) >= 11 is 1.56. The Labute approximate surface area is 228 Å². The minimum Gasteiger partial charge on any atom is -0.481 e. The number of benzene rings is 3. The molecule has 0 bridgehead atoms. The van der Waals surface area contributed by atoms with Crippen LogP contribution in [0, 0.1) is 11.6 Å². The molecule has 0 aliphatic heterocycles. The fraction of sp³-hybridized carbons (Fsp3) is 0.167. The number of carboxylic acids is 1. The zero-order valence-corrected chi connectivity index (χ0v) is 21.7. The summed E-state index contributed by atoms with van der Waals surface area (Å²) in [6.07, 6.45) is 0.384. The van der Waals surface area contributed by atoms with E-state index in [1.807, 2.05) is 17.5 Å². The van der Waals surface area contributed by atoms with Crippen LogP contribution in [0.15, 0.2) is 84.2 Å². The molecule has 6 nitrogen and oxygen atoms in total. The second-order valence-electron chi connectivity index (χ2n) is 8.77. The van der Waals surface area contributed by atoms with Crippen LogP contribution in [0.3, 0.4) is 0 Å². The predicted molar refractivity (Wildman–Crippen MR) is 146 cm³/mol. The van der Waals surface area contributed by atoms with Gasteiger partial charge in [-0.3, -0.25) is 14.4 Å². The molecule has 0 atom stereocenters. The van der Waals surface area contributed by atoms with Crippen molar-refractivity contribution in [3.63, 3.8) is 0 Å². The van der Waals surface area contributed by atoms with Crippen LogP contribution in [-0.4, -0.2) is 40.9 Å². The average Bonchev–Trinajstić information content (AvgIpc) is 3.47. The van der Waals surface area contributed by atoms with Gasteiger partial charge in [0, 0.05) is 41.2 Å². The number of amides is 2. The van der Waals surface area contributed by atoms with E-state index < -0.39 is 23.5 Å². The Kier molecular flexibility index (Phi) is 9.17. The molecular formula is C30H26F2N2O4S. The Bertz CT molecular complexity index is 1470. The lowest BCUT2D eigenvalue weighted by atomic mass is 9.94. The summed E-state index contributed by atoms with van der Waals surface area (Å²) in [6.45, 7) is 0.153. The summed E-state index contributed by atoms with van der Waals surface area (Å²) in [5.74, 6) is -3.11. The molecule has 0 saturated heterocycles. The molecule has 2 amide bonds. The van der Waals surface area contributed by atoms with Crippen LogP contribution < -0.4 is 5.32 Å². The van der Waals surface area contributed by atoms with E-state index in [0.717, 1.165) is 23.1 Å². The smallest absolute Gasteiger partial charge is 0.305 e. The second-order valence-corrected chi connectivity index (χ2v) is 9.81. The fourth-order valence-corrected chi connectivity index (χ4v) is 4.88. The summed E-state index contributed by atoms with van der Waals surface area (Å²) in [4.78, 5) is 40.8. The van der Waals surface area contributed by atoms with Gasteiger partial charge in [-0.05, 0) is 59.3 Å². The van der Waals surface area contributed by atoms with E-state index >= 15 is 0 Å². The molecule has 39 heavy (non-hydrogen) atoms. The van der Waals surface area contributed by atoms with E-state index in [9.17, 15) is 28.3 Å². The van der Waals surface area contributed by atoms with Gasteiger partial charge in [-0.25, -0.2) is 8.78 Å². The van der Waals surface area contributed by atoms with Crippen molar-refractivity contribution in [2.45, 2.75) is 19.4 Å². The third kappa shape index (κ3) is 7.14. The van der Waals surface area contributed by atoms with Crippen molar-refractivity contribution in [2.75, 3.05) is 13.1 Å². The van der Waals surface area contributed by atoms with E-state index in [2.05, 4.69) is 5.32 Å². The molecule has 0 spiro atoms. The Morgan fingerprint density at radius 2 is 1.54 bits per heavy atom. The third-order valence-electron chi connectivity index (χ3n) is 6.16. The van der Waals surface area contributed by atoms with E-state index in [-0.39, 0.29) is 36.5 Å². The number of nitrogens with one attached hydrogen (secondary N) is 1.